The van der Waals surface area contributed by atoms with Crippen LogP contribution in [-0.4, -0.2) is 23.1 Å². The van der Waals surface area contributed by atoms with Gasteiger partial charge >= 0.3 is 0 Å². The van der Waals surface area contributed by atoms with Crippen LogP contribution in [0.25, 0.3) is 0 Å². The molecular weight excluding hydrogens is 202 g/mol. The Morgan fingerprint density at radius 1 is 1.38 bits per heavy atom. The summed E-state index contributed by atoms with van der Waals surface area (Å²) in [7, 11) is 2.03. The van der Waals surface area contributed by atoms with Crippen LogP contribution in [0, 0.1) is 5.92 Å². The number of rotatable bonds is 5. The summed E-state index contributed by atoms with van der Waals surface area (Å²) in [5, 5.41) is 0. The molecule has 0 aromatic carbocycles. The molecule has 5 nitrogen and oxygen atoms in total. The molecule has 0 amide bonds. The van der Waals surface area contributed by atoms with E-state index in [1.165, 1.54) is 0 Å². The monoisotopic (exact) mass is 223 g/mol. The van der Waals surface area contributed by atoms with Gasteiger partial charge in [0, 0.05) is 13.1 Å². The number of hydrazine groups is 1. The van der Waals surface area contributed by atoms with Crippen molar-refractivity contribution in [1.82, 2.24) is 9.97 Å². The fourth-order valence-electron chi connectivity index (χ4n) is 1.66. The summed E-state index contributed by atoms with van der Waals surface area (Å²) in [6.07, 6.45) is 4.47. The Bertz CT molecular complexity index is 326. The van der Waals surface area contributed by atoms with Gasteiger partial charge in [-0.25, -0.2) is 10.8 Å². The maximum Gasteiger partial charge on any atom is 0.160 e. The van der Waals surface area contributed by atoms with Gasteiger partial charge in [0.25, 0.3) is 0 Å². The largest absolute Gasteiger partial charge is 0.356 e. The lowest BCUT2D eigenvalue weighted by molar-refractivity contribution is 0.502. The van der Waals surface area contributed by atoms with Crippen molar-refractivity contribution < 1.29 is 0 Å². The van der Waals surface area contributed by atoms with Crippen molar-refractivity contribution in [3.63, 3.8) is 0 Å². The minimum absolute atomic E-state index is 0.433. The summed E-state index contributed by atoms with van der Waals surface area (Å²) in [5.41, 5.74) is 2.50. The average Bonchev–Trinajstić information content (AvgIpc) is 2.27. The molecule has 16 heavy (non-hydrogen) atoms. The first-order valence-electron chi connectivity index (χ1n) is 5.56. The quantitative estimate of drug-likeness (QED) is 0.586. The lowest BCUT2D eigenvalue weighted by atomic mass is 10.0. The van der Waals surface area contributed by atoms with E-state index in [0.717, 1.165) is 12.2 Å². The Morgan fingerprint density at radius 3 is 2.62 bits per heavy atom. The highest BCUT2D eigenvalue weighted by Gasteiger charge is 2.13. The van der Waals surface area contributed by atoms with Crippen LogP contribution in [0.2, 0.25) is 0 Å². The highest BCUT2D eigenvalue weighted by atomic mass is 15.3. The molecule has 0 saturated heterocycles. The average molecular weight is 223 g/mol. The van der Waals surface area contributed by atoms with Gasteiger partial charge < -0.3 is 10.3 Å². The number of nitrogens with two attached hydrogens (primary N) is 1. The number of nitrogen functional groups attached to an aromatic ring is 1. The topological polar surface area (TPSA) is 67.1 Å². The molecule has 90 valence electrons. The van der Waals surface area contributed by atoms with Crippen LogP contribution in [0.1, 0.15) is 27.2 Å². The summed E-state index contributed by atoms with van der Waals surface area (Å²) in [4.78, 5) is 10.6. The van der Waals surface area contributed by atoms with E-state index < -0.39 is 0 Å². The fourth-order valence-corrected chi connectivity index (χ4v) is 1.66. The van der Waals surface area contributed by atoms with Crippen molar-refractivity contribution in [2.45, 2.75) is 33.2 Å². The van der Waals surface area contributed by atoms with Gasteiger partial charge in [0.2, 0.25) is 0 Å². The predicted octanol–water partition coefficient (Wildman–Crippen LogP) is 1.63. The van der Waals surface area contributed by atoms with Crippen molar-refractivity contribution in [2.75, 3.05) is 17.4 Å². The fraction of sp³-hybridized carbons (Fsp3) is 0.636. The molecule has 0 bridgehead atoms. The van der Waals surface area contributed by atoms with E-state index in [-0.39, 0.29) is 0 Å². The third kappa shape index (κ3) is 3.34. The Balaban J connectivity index is 2.74. The number of aromatic nitrogens is 2. The lowest BCUT2D eigenvalue weighted by Crippen LogP contribution is -2.31. The first kappa shape index (κ1) is 12.7. The number of hydrogen-bond donors (Lipinski definition) is 2. The van der Waals surface area contributed by atoms with Gasteiger partial charge in [-0.3, -0.25) is 4.98 Å². The van der Waals surface area contributed by atoms with Crippen molar-refractivity contribution in [1.29, 1.82) is 0 Å². The third-order valence-electron chi connectivity index (χ3n) is 2.60. The molecule has 1 heterocycles. The molecule has 1 aromatic heterocycles. The first-order chi connectivity index (χ1) is 7.54. The van der Waals surface area contributed by atoms with E-state index in [2.05, 4.69) is 41.1 Å². The van der Waals surface area contributed by atoms with Crippen molar-refractivity contribution in [2.24, 2.45) is 11.8 Å². The lowest BCUT2D eigenvalue weighted by Gasteiger charge is -2.27. The number of hydrogen-bond acceptors (Lipinski definition) is 5. The van der Waals surface area contributed by atoms with E-state index in [1.807, 2.05) is 7.05 Å². The molecule has 1 atom stereocenters. The molecule has 0 radical (unpaired) electrons. The Hall–Kier alpha value is -1.36. The number of nitrogens with zero attached hydrogens (tertiary/aromatic N) is 3. The number of anilines is 2. The second-order valence-electron chi connectivity index (χ2n) is 4.50. The standard InChI is InChI=1S/C11H21N5/c1-8(2)5-9(3)16(4)11-7-13-6-10(14-11)15-12/h6-9H,5,12H2,1-4H3,(H,14,15). The molecule has 5 heteroatoms. The maximum absolute atomic E-state index is 5.30. The normalized spacial score (nSPS) is 12.6. The smallest absolute Gasteiger partial charge is 0.160 e. The molecular formula is C11H21N5. The molecule has 3 N–H and O–H groups in total. The van der Waals surface area contributed by atoms with E-state index in [0.29, 0.717) is 17.8 Å². The molecule has 0 fully saturated rings. The molecule has 0 spiro atoms. The van der Waals surface area contributed by atoms with Gasteiger partial charge in [-0.15, -0.1) is 0 Å². The molecule has 0 aliphatic rings. The van der Waals surface area contributed by atoms with E-state index in [4.69, 9.17) is 5.84 Å². The van der Waals surface area contributed by atoms with Crippen LogP contribution in [-0.2, 0) is 0 Å². The van der Waals surface area contributed by atoms with Gasteiger partial charge in [-0.2, -0.15) is 0 Å². The van der Waals surface area contributed by atoms with Crippen LogP contribution in [0.5, 0.6) is 0 Å². The van der Waals surface area contributed by atoms with Gasteiger partial charge in [0.15, 0.2) is 5.82 Å². The van der Waals surface area contributed by atoms with E-state index in [1.54, 1.807) is 12.4 Å². The second kappa shape index (κ2) is 5.65. The SMILES string of the molecule is CC(C)CC(C)N(C)c1cncc(NN)n1. The Labute approximate surface area is 97.0 Å². The second-order valence-corrected chi connectivity index (χ2v) is 4.50. The minimum atomic E-state index is 0.433. The van der Waals surface area contributed by atoms with E-state index >= 15 is 0 Å². The summed E-state index contributed by atoms with van der Waals surface area (Å²) in [5.74, 6) is 7.39. The van der Waals surface area contributed by atoms with Gasteiger partial charge in [0.1, 0.15) is 5.82 Å². The van der Waals surface area contributed by atoms with Crippen LogP contribution < -0.4 is 16.2 Å². The van der Waals surface area contributed by atoms with Gasteiger partial charge in [-0.1, -0.05) is 13.8 Å². The Morgan fingerprint density at radius 2 is 2.06 bits per heavy atom. The molecule has 0 aliphatic heterocycles. The van der Waals surface area contributed by atoms with Crippen molar-refractivity contribution >= 4 is 11.6 Å². The number of nitrogens with one attached hydrogen (secondary N) is 1. The molecule has 1 rings (SSSR count). The molecule has 1 unspecified atom stereocenters. The zero-order valence-corrected chi connectivity index (χ0v) is 10.4. The summed E-state index contributed by atoms with van der Waals surface area (Å²) in [6, 6.07) is 0.433. The van der Waals surface area contributed by atoms with Gasteiger partial charge in [0.05, 0.1) is 12.4 Å². The first-order valence-corrected chi connectivity index (χ1v) is 5.56. The molecule has 0 saturated carbocycles. The van der Waals surface area contributed by atoms with Crippen LogP contribution in [0.15, 0.2) is 12.4 Å². The van der Waals surface area contributed by atoms with Crippen LogP contribution >= 0.6 is 0 Å². The molecule has 1 aromatic rings. The summed E-state index contributed by atoms with van der Waals surface area (Å²) >= 11 is 0. The highest BCUT2D eigenvalue weighted by Crippen LogP contribution is 2.17. The molecule has 0 aliphatic carbocycles. The predicted molar refractivity (Wildman–Crippen MR) is 67.2 cm³/mol. The van der Waals surface area contributed by atoms with E-state index in [9.17, 15) is 0 Å². The maximum atomic E-state index is 5.30. The third-order valence-corrected chi connectivity index (χ3v) is 2.60. The summed E-state index contributed by atoms with van der Waals surface area (Å²) in [6.45, 7) is 6.62. The zero-order valence-electron chi connectivity index (χ0n) is 10.4. The summed E-state index contributed by atoms with van der Waals surface area (Å²) < 4.78 is 0. The van der Waals surface area contributed by atoms with Gasteiger partial charge in [-0.05, 0) is 19.3 Å². The van der Waals surface area contributed by atoms with Crippen LogP contribution in [0.4, 0.5) is 11.6 Å². The Kier molecular flexibility index (Phi) is 4.49. The van der Waals surface area contributed by atoms with Crippen LogP contribution in [0.3, 0.4) is 0 Å². The zero-order chi connectivity index (χ0) is 12.1. The van der Waals surface area contributed by atoms with Crippen molar-refractivity contribution in [3.05, 3.63) is 12.4 Å². The minimum Gasteiger partial charge on any atom is -0.356 e. The highest BCUT2D eigenvalue weighted by molar-refractivity contribution is 5.43. The van der Waals surface area contributed by atoms with Crippen molar-refractivity contribution in [3.8, 4) is 0 Å².